The van der Waals surface area contributed by atoms with E-state index < -0.39 is 0 Å². The van der Waals surface area contributed by atoms with E-state index in [0.717, 1.165) is 11.3 Å². The van der Waals surface area contributed by atoms with Crippen molar-refractivity contribution in [3.63, 3.8) is 0 Å². The fourth-order valence-corrected chi connectivity index (χ4v) is 2.12. The molecule has 1 aromatic heterocycles. The van der Waals surface area contributed by atoms with Crippen LogP contribution in [0.25, 0.3) is 0 Å². The van der Waals surface area contributed by atoms with Crippen LogP contribution in [0.2, 0.25) is 0 Å². The maximum Gasteiger partial charge on any atom is 0.124 e. The van der Waals surface area contributed by atoms with Crippen LogP contribution in [-0.4, -0.2) is 9.97 Å². The fourth-order valence-electron chi connectivity index (χ4n) is 1.61. The van der Waals surface area contributed by atoms with Gasteiger partial charge in [0.2, 0.25) is 0 Å². The molecule has 0 amide bonds. The van der Waals surface area contributed by atoms with Gasteiger partial charge in [0.1, 0.15) is 12.1 Å². The van der Waals surface area contributed by atoms with E-state index in [1.54, 1.807) is 12.3 Å². The summed E-state index contributed by atoms with van der Waals surface area (Å²) < 4.78 is 13.9. The van der Waals surface area contributed by atoms with Gasteiger partial charge in [-0.15, -0.1) is 0 Å². The van der Waals surface area contributed by atoms with Gasteiger partial charge in [0, 0.05) is 10.7 Å². The summed E-state index contributed by atoms with van der Waals surface area (Å²) in [4.78, 5) is 7.91. The Morgan fingerprint density at radius 3 is 2.82 bits per heavy atom. The number of rotatable bonds is 3. The highest BCUT2D eigenvalue weighted by Gasteiger charge is 2.09. The van der Waals surface area contributed by atoms with Crippen LogP contribution in [0.15, 0.2) is 41.3 Å². The van der Waals surface area contributed by atoms with E-state index in [0.29, 0.717) is 10.9 Å². The topological polar surface area (TPSA) is 51.8 Å². The third kappa shape index (κ3) is 3.31. The highest BCUT2D eigenvalue weighted by Crippen LogP contribution is 2.19. The molecule has 0 fully saturated rings. The Morgan fingerprint density at radius 2 is 2.18 bits per heavy atom. The van der Waals surface area contributed by atoms with Gasteiger partial charge >= 0.3 is 0 Å². The maximum atomic E-state index is 13.2. The van der Waals surface area contributed by atoms with E-state index in [1.807, 2.05) is 6.07 Å². The Morgan fingerprint density at radius 1 is 1.35 bits per heavy atom. The lowest BCUT2D eigenvalue weighted by atomic mass is 10.0. The lowest BCUT2D eigenvalue weighted by molar-refractivity contribution is 0.619. The largest absolute Gasteiger partial charge is 0.322 e. The number of halogens is 2. The molecule has 5 heteroatoms. The van der Waals surface area contributed by atoms with Crippen LogP contribution < -0.4 is 5.73 Å². The number of aromatic nitrogens is 2. The Bertz CT molecular complexity index is 484. The Kier molecular flexibility index (Phi) is 3.81. The molecule has 3 nitrogen and oxygen atoms in total. The summed E-state index contributed by atoms with van der Waals surface area (Å²) in [6.07, 6.45) is 3.63. The van der Waals surface area contributed by atoms with Crippen LogP contribution in [-0.2, 0) is 6.42 Å². The van der Waals surface area contributed by atoms with E-state index in [1.165, 1.54) is 18.5 Å². The highest BCUT2D eigenvalue weighted by atomic mass is 79.9. The van der Waals surface area contributed by atoms with Gasteiger partial charge in [0.25, 0.3) is 0 Å². The average Bonchev–Trinajstić information content (AvgIpc) is 2.28. The zero-order valence-electron chi connectivity index (χ0n) is 8.98. The monoisotopic (exact) mass is 295 g/mol. The molecule has 0 aliphatic rings. The molecule has 1 unspecified atom stereocenters. The van der Waals surface area contributed by atoms with Gasteiger partial charge in [0.15, 0.2) is 0 Å². The third-order valence-corrected chi connectivity index (χ3v) is 2.82. The summed E-state index contributed by atoms with van der Waals surface area (Å²) in [5.41, 5.74) is 7.59. The van der Waals surface area contributed by atoms with Crippen molar-refractivity contribution in [1.29, 1.82) is 0 Å². The summed E-state index contributed by atoms with van der Waals surface area (Å²) in [5, 5.41) is 0. The molecule has 0 radical (unpaired) electrons. The van der Waals surface area contributed by atoms with Crippen molar-refractivity contribution in [2.75, 3.05) is 0 Å². The van der Waals surface area contributed by atoms with Gasteiger partial charge in [-0.05, 0) is 36.2 Å². The minimum atomic E-state index is -0.274. The predicted octanol–water partition coefficient (Wildman–Crippen LogP) is 2.62. The quantitative estimate of drug-likeness (QED) is 0.947. The lowest BCUT2D eigenvalue weighted by Crippen LogP contribution is -2.15. The first-order valence-electron chi connectivity index (χ1n) is 5.11. The van der Waals surface area contributed by atoms with Crippen molar-refractivity contribution < 1.29 is 4.39 Å². The second kappa shape index (κ2) is 5.33. The van der Waals surface area contributed by atoms with E-state index >= 15 is 0 Å². The van der Waals surface area contributed by atoms with Crippen molar-refractivity contribution in [1.82, 2.24) is 9.97 Å². The molecule has 0 saturated carbocycles. The molecule has 2 rings (SSSR count). The van der Waals surface area contributed by atoms with Gasteiger partial charge < -0.3 is 5.73 Å². The van der Waals surface area contributed by atoms with E-state index in [4.69, 9.17) is 5.73 Å². The second-order valence-electron chi connectivity index (χ2n) is 3.72. The Hall–Kier alpha value is -1.33. The molecule has 0 saturated heterocycles. The fraction of sp³-hybridized carbons (Fsp3) is 0.167. The first-order chi connectivity index (χ1) is 8.15. The Labute approximate surface area is 107 Å². The third-order valence-electron chi connectivity index (χ3n) is 2.36. The van der Waals surface area contributed by atoms with Gasteiger partial charge in [-0.1, -0.05) is 15.9 Å². The van der Waals surface area contributed by atoms with Crippen LogP contribution in [0.5, 0.6) is 0 Å². The number of nitrogens with two attached hydrogens (primary N) is 1. The van der Waals surface area contributed by atoms with E-state index in [-0.39, 0.29) is 11.9 Å². The number of nitrogens with zero attached hydrogens (tertiary/aromatic N) is 2. The molecule has 88 valence electrons. The maximum absolute atomic E-state index is 13.2. The molecular formula is C12H11BrFN3. The van der Waals surface area contributed by atoms with Crippen molar-refractivity contribution in [2.24, 2.45) is 5.73 Å². The lowest BCUT2D eigenvalue weighted by Gasteiger charge is -2.11. The van der Waals surface area contributed by atoms with Crippen molar-refractivity contribution in [2.45, 2.75) is 12.5 Å². The highest BCUT2D eigenvalue weighted by molar-refractivity contribution is 9.10. The summed E-state index contributed by atoms with van der Waals surface area (Å²) in [5.74, 6) is -0.274. The molecule has 1 aromatic carbocycles. The van der Waals surface area contributed by atoms with Gasteiger partial charge in [-0.3, -0.25) is 0 Å². The zero-order valence-corrected chi connectivity index (χ0v) is 10.6. The summed E-state index contributed by atoms with van der Waals surface area (Å²) >= 11 is 3.25. The normalized spacial score (nSPS) is 12.4. The van der Waals surface area contributed by atoms with Crippen molar-refractivity contribution in [3.05, 3.63) is 58.3 Å². The first-order valence-corrected chi connectivity index (χ1v) is 5.91. The first kappa shape index (κ1) is 12.1. The van der Waals surface area contributed by atoms with E-state index in [2.05, 4.69) is 25.9 Å². The van der Waals surface area contributed by atoms with Crippen LogP contribution >= 0.6 is 15.9 Å². The molecular weight excluding hydrogens is 285 g/mol. The molecule has 0 spiro atoms. The number of hydrogen-bond acceptors (Lipinski definition) is 3. The Balaban J connectivity index is 2.16. The number of hydrogen-bond donors (Lipinski definition) is 1. The van der Waals surface area contributed by atoms with Gasteiger partial charge in [-0.25, -0.2) is 14.4 Å². The zero-order chi connectivity index (χ0) is 12.3. The smallest absolute Gasteiger partial charge is 0.124 e. The second-order valence-corrected chi connectivity index (χ2v) is 4.64. The van der Waals surface area contributed by atoms with E-state index in [9.17, 15) is 4.39 Å². The SMILES string of the molecule is NC(Cc1cc(F)cc(Br)c1)c1ccncn1. The molecule has 0 aliphatic heterocycles. The van der Waals surface area contributed by atoms with Crippen LogP contribution in [0, 0.1) is 5.82 Å². The molecule has 1 atom stereocenters. The van der Waals surface area contributed by atoms with Crippen LogP contribution in [0.1, 0.15) is 17.3 Å². The molecule has 0 bridgehead atoms. The summed E-state index contributed by atoms with van der Waals surface area (Å²) in [6, 6.07) is 6.25. The molecule has 1 heterocycles. The molecule has 2 N–H and O–H groups in total. The van der Waals surface area contributed by atoms with Crippen molar-refractivity contribution >= 4 is 15.9 Å². The molecule has 17 heavy (non-hydrogen) atoms. The van der Waals surface area contributed by atoms with Crippen molar-refractivity contribution in [3.8, 4) is 0 Å². The predicted molar refractivity (Wildman–Crippen MR) is 66.8 cm³/mol. The standard InChI is InChI=1S/C12H11BrFN3/c13-9-3-8(4-10(14)6-9)5-11(15)12-1-2-16-7-17-12/h1-4,6-7,11H,5,15H2. The minimum Gasteiger partial charge on any atom is -0.322 e. The summed E-state index contributed by atoms with van der Waals surface area (Å²) in [7, 11) is 0. The molecule has 2 aromatic rings. The van der Waals surface area contributed by atoms with Crippen LogP contribution in [0.3, 0.4) is 0 Å². The number of benzene rings is 1. The average molecular weight is 296 g/mol. The van der Waals surface area contributed by atoms with Crippen LogP contribution in [0.4, 0.5) is 4.39 Å². The molecule has 0 aliphatic carbocycles. The van der Waals surface area contributed by atoms with Gasteiger partial charge in [-0.2, -0.15) is 0 Å². The minimum absolute atomic E-state index is 0.258. The summed E-state index contributed by atoms with van der Waals surface area (Å²) in [6.45, 7) is 0. The van der Waals surface area contributed by atoms with Gasteiger partial charge in [0.05, 0.1) is 11.7 Å².